The number of nitrogens with zero attached hydrogens (tertiary/aromatic N) is 2. The van der Waals surface area contributed by atoms with E-state index in [4.69, 9.17) is 4.42 Å². The molecule has 0 fully saturated rings. The fraction of sp³-hybridized carbons (Fsp3) is 0.136. The molecule has 1 aromatic heterocycles. The number of hydrazone groups is 1. The Balaban J connectivity index is 1.53. The van der Waals surface area contributed by atoms with E-state index < -0.39 is 5.92 Å². The Morgan fingerprint density at radius 1 is 1.07 bits per heavy atom. The fourth-order valence-electron chi connectivity index (χ4n) is 3.27. The Morgan fingerprint density at radius 2 is 1.89 bits per heavy atom. The summed E-state index contributed by atoms with van der Waals surface area (Å²) in [5.41, 5.74) is 2.93. The molecule has 1 unspecified atom stereocenters. The first-order chi connectivity index (χ1) is 13.1. The highest BCUT2D eigenvalue weighted by Crippen LogP contribution is 2.26. The van der Waals surface area contributed by atoms with Crippen LogP contribution in [0.15, 0.2) is 82.5 Å². The number of carbonyl (C=O) groups is 2. The van der Waals surface area contributed by atoms with E-state index in [2.05, 4.69) is 5.10 Å². The normalized spacial score (nSPS) is 16.5. The van der Waals surface area contributed by atoms with Gasteiger partial charge in [-0.25, -0.2) is 0 Å². The molecule has 1 atom stereocenters. The quantitative estimate of drug-likeness (QED) is 0.645. The lowest BCUT2D eigenvalue weighted by atomic mass is 9.93. The number of anilines is 1. The first kappa shape index (κ1) is 17.0. The zero-order valence-corrected chi connectivity index (χ0v) is 14.8. The summed E-state index contributed by atoms with van der Waals surface area (Å²) in [6, 6.07) is 20.4. The first-order valence-corrected chi connectivity index (χ1v) is 8.73. The maximum absolute atomic E-state index is 12.9. The molecule has 2 heterocycles. The van der Waals surface area contributed by atoms with Crippen molar-refractivity contribution in [1.82, 2.24) is 0 Å². The number of rotatable bonds is 5. The van der Waals surface area contributed by atoms with Gasteiger partial charge in [0.25, 0.3) is 5.91 Å². The third kappa shape index (κ3) is 3.31. The molecule has 1 aliphatic heterocycles. The van der Waals surface area contributed by atoms with Crippen LogP contribution in [0.1, 0.15) is 12.5 Å². The molecule has 5 heteroatoms. The Bertz CT molecular complexity index is 1010. The molecule has 27 heavy (non-hydrogen) atoms. The third-order valence-corrected chi connectivity index (χ3v) is 4.56. The second kappa shape index (κ2) is 7.03. The maximum Gasteiger partial charge on any atom is 0.263 e. The summed E-state index contributed by atoms with van der Waals surface area (Å²) in [4.78, 5) is 25.6. The van der Waals surface area contributed by atoms with E-state index in [0.717, 1.165) is 16.9 Å². The minimum atomic E-state index is -0.836. The Hall–Kier alpha value is -3.47. The Morgan fingerprint density at radius 3 is 2.63 bits per heavy atom. The van der Waals surface area contributed by atoms with Crippen LogP contribution in [0.25, 0.3) is 11.3 Å². The molecule has 0 radical (unpaired) electrons. The predicted molar refractivity (Wildman–Crippen MR) is 103 cm³/mol. The molecule has 0 aliphatic carbocycles. The van der Waals surface area contributed by atoms with Crippen molar-refractivity contribution in [3.05, 3.63) is 78.6 Å². The van der Waals surface area contributed by atoms with Crippen molar-refractivity contribution in [3.63, 3.8) is 0 Å². The number of hydrogen-bond acceptors (Lipinski definition) is 4. The largest absolute Gasteiger partial charge is 0.464 e. The van der Waals surface area contributed by atoms with Crippen LogP contribution in [0.3, 0.4) is 0 Å². The first-order valence-electron chi connectivity index (χ1n) is 8.73. The van der Waals surface area contributed by atoms with Gasteiger partial charge in [-0.3, -0.25) is 9.59 Å². The molecule has 4 rings (SSSR count). The van der Waals surface area contributed by atoms with Gasteiger partial charge in [-0.05, 0) is 42.8 Å². The lowest BCUT2D eigenvalue weighted by Crippen LogP contribution is -2.33. The summed E-state index contributed by atoms with van der Waals surface area (Å²) in [6.07, 6.45) is 1.78. The molecule has 0 bridgehead atoms. The van der Waals surface area contributed by atoms with Crippen molar-refractivity contribution < 1.29 is 14.0 Å². The summed E-state index contributed by atoms with van der Waals surface area (Å²) in [5.74, 6) is -0.547. The molecule has 0 saturated heterocycles. The van der Waals surface area contributed by atoms with E-state index >= 15 is 0 Å². The smallest absolute Gasteiger partial charge is 0.263 e. The van der Waals surface area contributed by atoms with Gasteiger partial charge in [0.05, 0.1) is 17.7 Å². The van der Waals surface area contributed by atoms with Crippen LogP contribution in [0.4, 0.5) is 5.69 Å². The van der Waals surface area contributed by atoms with E-state index in [1.165, 1.54) is 5.01 Å². The Kier molecular flexibility index (Phi) is 4.42. The average Bonchev–Trinajstić information content (AvgIpc) is 3.31. The van der Waals surface area contributed by atoms with Crippen LogP contribution in [0.2, 0.25) is 0 Å². The minimum absolute atomic E-state index is 0.156. The lowest BCUT2D eigenvalue weighted by Gasteiger charge is -2.14. The van der Waals surface area contributed by atoms with Crippen LogP contribution in [0, 0.1) is 5.92 Å². The number of ketones is 1. The molecule has 2 aromatic carbocycles. The van der Waals surface area contributed by atoms with Crippen molar-refractivity contribution in [3.8, 4) is 11.3 Å². The van der Waals surface area contributed by atoms with Crippen molar-refractivity contribution in [2.75, 3.05) is 5.01 Å². The van der Waals surface area contributed by atoms with Crippen molar-refractivity contribution in [2.24, 2.45) is 11.0 Å². The summed E-state index contributed by atoms with van der Waals surface area (Å²) >= 11 is 0. The third-order valence-electron chi connectivity index (χ3n) is 4.56. The zero-order valence-electron chi connectivity index (χ0n) is 14.8. The lowest BCUT2D eigenvalue weighted by molar-refractivity contribution is -0.128. The van der Waals surface area contributed by atoms with Gasteiger partial charge in [0.1, 0.15) is 11.7 Å². The van der Waals surface area contributed by atoms with Gasteiger partial charge in [-0.2, -0.15) is 10.1 Å². The molecule has 134 valence electrons. The van der Waals surface area contributed by atoms with E-state index in [0.29, 0.717) is 11.4 Å². The van der Waals surface area contributed by atoms with Gasteiger partial charge in [0.2, 0.25) is 0 Å². The number of hydrogen-bond donors (Lipinski definition) is 0. The summed E-state index contributed by atoms with van der Waals surface area (Å²) in [5, 5.41) is 5.62. The number of amides is 1. The topological polar surface area (TPSA) is 62.9 Å². The van der Waals surface area contributed by atoms with Crippen molar-refractivity contribution in [1.29, 1.82) is 0 Å². The highest BCUT2D eigenvalue weighted by Gasteiger charge is 2.39. The van der Waals surface area contributed by atoms with Crippen LogP contribution in [-0.2, 0) is 16.0 Å². The van der Waals surface area contributed by atoms with Crippen LogP contribution < -0.4 is 5.01 Å². The van der Waals surface area contributed by atoms with Gasteiger partial charge in [-0.1, -0.05) is 36.4 Å². The summed E-state index contributed by atoms with van der Waals surface area (Å²) < 4.78 is 5.41. The number of para-hydroxylation sites is 1. The molecule has 0 spiro atoms. The maximum atomic E-state index is 12.9. The number of Topliss-reactive ketones (excluding diaryl/α,β-unsaturated/α-hetero) is 1. The van der Waals surface area contributed by atoms with Gasteiger partial charge in [0, 0.05) is 12.0 Å². The van der Waals surface area contributed by atoms with Gasteiger partial charge >= 0.3 is 0 Å². The number of benzene rings is 2. The van der Waals surface area contributed by atoms with E-state index in [1.807, 2.05) is 54.6 Å². The molecular weight excluding hydrogens is 340 g/mol. The van der Waals surface area contributed by atoms with Crippen LogP contribution in [-0.4, -0.2) is 17.4 Å². The van der Waals surface area contributed by atoms with Crippen LogP contribution >= 0.6 is 0 Å². The predicted octanol–water partition coefficient (Wildman–Crippen LogP) is 4.10. The number of furan rings is 1. The average molecular weight is 358 g/mol. The van der Waals surface area contributed by atoms with Gasteiger partial charge < -0.3 is 4.42 Å². The minimum Gasteiger partial charge on any atom is -0.464 e. The molecule has 1 aliphatic rings. The standard InChI is InChI=1S/C22H18N2O3/c1-15-21(22(26)24(23-15)18-9-3-2-4-10-18)19(25)14-16-7-5-8-17(13-16)20-11-6-12-27-20/h2-13,21H,14H2,1H3. The zero-order chi connectivity index (χ0) is 18.8. The SMILES string of the molecule is CC1=NN(c2ccccc2)C(=O)C1C(=O)Cc1cccc(-c2ccco2)c1. The van der Waals surface area contributed by atoms with Crippen molar-refractivity contribution >= 4 is 23.1 Å². The van der Waals surface area contributed by atoms with Gasteiger partial charge in [-0.15, -0.1) is 0 Å². The van der Waals surface area contributed by atoms with E-state index in [-0.39, 0.29) is 18.1 Å². The van der Waals surface area contributed by atoms with E-state index in [9.17, 15) is 9.59 Å². The van der Waals surface area contributed by atoms with Crippen LogP contribution in [0.5, 0.6) is 0 Å². The second-order valence-electron chi connectivity index (χ2n) is 6.48. The monoisotopic (exact) mass is 358 g/mol. The second-order valence-corrected chi connectivity index (χ2v) is 6.48. The highest BCUT2D eigenvalue weighted by atomic mass is 16.3. The Labute approximate surface area is 156 Å². The van der Waals surface area contributed by atoms with Crippen molar-refractivity contribution in [2.45, 2.75) is 13.3 Å². The molecule has 0 saturated carbocycles. The molecular formula is C22H18N2O3. The number of carbonyl (C=O) groups excluding carboxylic acids is 2. The highest BCUT2D eigenvalue weighted by molar-refractivity contribution is 6.27. The molecule has 5 nitrogen and oxygen atoms in total. The van der Waals surface area contributed by atoms with E-state index in [1.54, 1.807) is 25.3 Å². The summed E-state index contributed by atoms with van der Waals surface area (Å²) in [6.45, 7) is 1.72. The molecule has 3 aromatic rings. The van der Waals surface area contributed by atoms with Gasteiger partial charge in [0.15, 0.2) is 5.78 Å². The summed E-state index contributed by atoms with van der Waals surface area (Å²) in [7, 11) is 0. The molecule has 0 N–H and O–H groups in total. The molecule has 1 amide bonds. The fourth-order valence-corrected chi connectivity index (χ4v) is 3.27.